The average molecular weight is 489 g/mol. The van der Waals surface area contributed by atoms with Crippen LogP contribution < -0.4 is 10.6 Å². The number of hydrogen-bond donors (Lipinski definition) is 2. The highest BCUT2D eigenvalue weighted by atomic mass is 19.1. The number of anilines is 2. The number of hydrogen-bond acceptors (Lipinski definition) is 2. The number of halogens is 1. The van der Waals surface area contributed by atoms with Crippen LogP contribution in [0.4, 0.5) is 15.8 Å². The van der Waals surface area contributed by atoms with Gasteiger partial charge in [0.15, 0.2) is 0 Å². The Hall–Kier alpha value is -4.77. The standard InChI is InChI=1S/C32H25FN2O2/c33-27-16-18-28(19-17-27)34-31(36)25-10-3-6-22(20-25)14-15-23-7-4-11-26(21-23)32(37)35-30-13-5-9-24-8-1-2-12-29(24)30/h1-13,16-21H,14-15H2,(H,34,36)(H,35,37). The van der Waals surface area contributed by atoms with E-state index in [0.717, 1.165) is 34.0 Å². The van der Waals surface area contributed by atoms with Gasteiger partial charge in [-0.15, -0.1) is 0 Å². The quantitative estimate of drug-likeness (QED) is 0.253. The molecule has 5 heteroatoms. The summed E-state index contributed by atoms with van der Waals surface area (Å²) in [5.74, 6) is -0.756. The van der Waals surface area contributed by atoms with Crippen molar-refractivity contribution < 1.29 is 14.0 Å². The summed E-state index contributed by atoms with van der Waals surface area (Å²) >= 11 is 0. The molecule has 5 aromatic carbocycles. The number of amides is 2. The second-order valence-corrected chi connectivity index (χ2v) is 8.84. The van der Waals surface area contributed by atoms with E-state index in [1.165, 1.54) is 24.3 Å². The Morgan fingerprint density at radius 3 is 1.84 bits per heavy atom. The first-order chi connectivity index (χ1) is 18.0. The lowest BCUT2D eigenvalue weighted by atomic mass is 10.0. The van der Waals surface area contributed by atoms with E-state index in [0.29, 0.717) is 23.2 Å². The fourth-order valence-corrected chi connectivity index (χ4v) is 4.29. The molecule has 0 radical (unpaired) electrons. The molecular weight excluding hydrogens is 463 g/mol. The van der Waals surface area contributed by atoms with Crippen LogP contribution in [0.3, 0.4) is 0 Å². The number of fused-ring (bicyclic) bond motifs is 1. The number of carbonyl (C=O) groups excluding carboxylic acids is 2. The van der Waals surface area contributed by atoms with Gasteiger partial charge in [-0.2, -0.15) is 0 Å². The summed E-state index contributed by atoms with van der Waals surface area (Å²) in [7, 11) is 0. The van der Waals surface area contributed by atoms with E-state index in [-0.39, 0.29) is 17.6 Å². The second kappa shape index (κ2) is 10.9. The highest BCUT2D eigenvalue weighted by Crippen LogP contribution is 2.24. The molecule has 2 amide bonds. The van der Waals surface area contributed by atoms with Gasteiger partial charge in [-0.05, 0) is 84.0 Å². The van der Waals surface area contributed by atoms with Gasteiger partial charge < -0.3 is 10.6 Å². The molecule has 0 spiro atoms. The van der Waals surface area contributed by atoms with E-state index in [4.69, 9.17) is 0 Å². The van der Waals surface area contributed by atoms with Crippen molar-refractivity contribution in [2.75, 3.05) is 10.6 Å². The first kappa shape index (κ1) is 23.9. The Morgan fingerprint density at radius 2 is 1.16 bits per heavy atom. The summed E-state index contributed by atoms with van der Waals surface area (Å²) in [6, 6.07) is 34.5. The van der Waals surface area contributed by atoms with Gasteiger partial charge >= 0.3 is 0 Å². The SMILES string of the molecule is O=C(Nc1ccc(F)cc1)c1cccc(CCc2cccc(C(=O)Nc3cccc4ccccc34)c2)c1. The van der Waals surface area contributed by atoms with Crippen LogP contribution in [0.25, 0.3) is 10.8 Å². The number of aryl methyl sites for hydroxylation is 2. The van der Waals surface area contributed by atoms with E-state index in [9.17, 15) is 14.0 Å². The minimum atomic E-state index is -0.352. The number of nitrogens with one attached hydrogen (secondary N) is 2. The molecule has 0 fully saturated rings. The molecule has 37 heavy (non-hydrogen) atoms. The third-order valence-corrected chi connectivity index (χ3v) is 6.22. The Kier molecular flexibility index (Phi) is 7.04. The van der Waals surface area contributed by atoms with Crippen LogP contribution in [-0.4, -0.2) is 11.8 Å². The van der Waals surface area contributed by atoms with Crippen molar-refractivity contribution >= 4 is 34.0 Å². The predicted molar refractivity (Wildman–Crippen MR) is 147 cm³/mol. The Balaban J connectivity index is 1.24. The number of benzene rings is 5. The molecule has 0 atom stereocenters. The summed E-state index contributed by atoms with van der Waals surface area (Å²) < 4.78 is 13.1. The smallest absolute Gasteiger partial charge is 0.255 e. The van der Waals surface area contributed by atoms with Gasteiger partial charge in [0, 0.05) is 27.9 Å². The molecular formula is C32H25FN2O2. The first-order valence-electron chi connectivity index (χ1n) is 12.1. The Labute approximate surface area is 214 Å². The van der Waals surface area contributed by atoms with Crippen molar-refractivity contribution in [3.8, 4) is 0 Å². The maximum Gasteiger partial charge on any atom is 0.255 e. The van der Waals surface area contributed by atoms with Crippen LogP contribution in [0.1, 0.15) is 31.8 Å². The zero-order chi connectivity index (χ0) is 25.6. The van der Waals surface area contributed by atoms with Crippen LogP contribution >= 0.6 is 0 Å². The molecule has 0 saturated heterocycles. The lowest BCUT2D eigenvalue weighted by Gasteiger charge is -2.10. The molecule has 0 aromatic heterocycles. The first-order valence-corrected chi connectivity index (χ1v) is 12.1. The normalized spacial score (nSPS) is 10.7. The van der Waals surface area contributed by atoms with Gasteiger partial charge in [-0.1, -0.05) is 60.7 Å². The van der Waals surface area contributed by atoms with Crippen molar-refractivity contribution in [3.05, 3.63) is 143 Å². The van der Waals surface area contributed by atoms with Crippen molar-refractivity contribution in [2.24, 2.45) is 0 Å². The van der Waals surface area contributed by atoms with Gasteiger partial charge in [-0.25, -0.2) is 4.39 Å². The van der Waals surface area contributed by atoms with E-state index in [1.54, 1.807) is 6.07 Å². The summed E-state index contributed by atoms with van der Waals surface area (Å²) in [5, 5.41) is 7.90. The van der Waals surface area contributed by atoms with Crippen molar-refractivity contribution in [2.45, 2.75) is 12.8 Å². The fraction of sp³-hybridized carbons (Fsp3) is 0.0625. The summed E-state index contributed by atoms with van der Waals surface area (Å²) in [5.41, 5.74) is 4.49. The third-order valence-electron chi connectivity index (χ3n) is 6.22. The van der Waals surface area contributed by atoms with Crippen LogP contribution in [0, 0.1) is 5.82 Å². The molecule has 5 rings (SSSR count). The molecule has 5 aromatic rings. The van der Waals surface area contributed by atoms with Gasteiger partial charge in [0.1, 0.15) is 5.82 Å². The molecule has 0 saturated carbocycles. The molecule has 0 bridgehead atoms. The Morgan fingerprint density at radius 1 is 0.595 bits per heavy atom. The van der Waals surface area contributed by atoms with Crippen molar-refractivity contribution in [1.29, 1.82) is 0 Å². The lowest BCUT2D eigenvalue weighted by molar-refractivity contribution is 0.101. The number of rotatable bonds is 7. The molecule has 4 nitrogen and oxygen atoms in total. The maximum atomic E-state index is 13.1. The van der Waals surface area contributed by atoms with Crippen LogP contribution in [0.15, 0.2) is 115 Å². The number of carbonyl (C=O) groups is 2. The lowest BCUT2D eigenvalue weighted by Crippen LogP contribution is -2.12. The van der Waals surface area contributed by atoms with Crippen LogP contribution in [0.5, 0.6) is 0 Å². The molecule has 0 heterocycles. The minimum absolute atomic E-state index is 0.155. The van der Waals surface area contributed by atoms with E-state index >= 15 is 0 Å². The highest BCUT2D eigenvalue weighted by Gasteiger charge is 2.10. The molecule has 182 valence electrons. The van der Waals surface area contributed by atoms with E-state index < -0.39 is 0 Å². The van der Waals surface area contributed by atoms with Gasteiger partial charge in [0.05, 0.1) is 0 Å². The van der Waals surface area contributed by atoms with Gasteiger partial charge in [0.25, 0.3) is 11.8 Å². The van der Waals surface area contributed by atoms with E-state index in [1.807, 2.05) is 84.9 Å². The highest BCUT2D eigenvalue weighted by molar-refractivity contribution is 6.09. The zero-order valence-electron chi connectivity index (χ0n) is 20.1. The molecule has 0 unspecified atom stereocenters. The van der Waals surface area contributed by atoms with Crippen molar-refractivity contribution in [3.63, 3.8) is 0 Å². The molecule has 2 N–H and O–H groups in total. The van der Waals surface area contributed by atoms with Crippen molar-refractivity contribution in [1.82, 2.24) is 0 Å². The Bertz CT molecular complexity index is 1570. The zero-order valence-corrected chi connectivity index (χ0v) is 20.1. The summed E-state index contributed by atoms with van der Waals surface area (Å²) in [4.78, 5) is 25.6. The molecule has 0 aliphatic heterocycles. The van der Waals surface area contributed by atoms with E-state index in [2.05, 4.69) is 10.6 Å². The molecule has 0 aliphatic rings. The third kappa shape index (κ3) is 5.90. The summed E-state index contributed by atoms with van der Waals surface area (Å²) in [6.07, 6.45) is 1.44. The predicted octanol–water partition coefficient (Wildman–Crippen LogP) is 7.27. The second-order valence-electron chi connectivity index (χ2n) is 8.84. The van der Waals surface area contributed by atoms with Crippen LogP contribution in [-0.2, 0) is 12.8 Å². The summed E-state index contributed by atoms with van der Waals surface area (Å²) in [6.45, 7) is 0. The molecule has 0 aliphatic carbocycles. The fourth-order valence-electron chi connectivity index (χ4n) is 4.29. The topological polar surface area (TPSA) is 58.2 Å². The monoisotopic (exact) mass is 488 g/mol. The van der Waals surface area contributed by atoms with Gasteiger partial charge in [-0.3, -0.25) is 9.59 Å². The largest absolute Gasteiger partial charge is 0.322 e. The van der Waals surface area contributed by atoms with Crippen LogP contribution in [0.2, 0.25) is 0 Å². The minimum Gasteiger partial charge on any atom is -0.322 e. The maximum absolute atomic E-state index is 13.1. The van der Waals surface area contributed by atoms with Gasteiger partial charge in [0.2, 0.25) is 0 Å². The average Bonchev–Trinajstić information content (AvgIpc) is 2.93.